The van der Waals surface area contributed by atoms with Gasteiger partial charge in [0.05, 0.1) is 0 Å². The van der Waals surface area contributed by atoms with Gasteiger partial charge in [-0.25, -0.2) is 9.78 Å². The molecule has 1 N–H and O–H groups in total. The molecule has 2 heterocycles. The van der Waals surface area contributed by atoms with Crippen molar-refractivity contribution in [3.05, 3.63) is 29.6 Å². The molecule has 1 amide bonds. The van der Waals surface area contributed by atoms with E-state index in [4.69, 9.17) is 5.11 Å². The highest BCUT2D eigenvalue weighted by Gasteiger charge is 2.72. The first-order valence-corrected chi connectivity index (χ1v) is 6.52. The fraction of sp³-hybridized carbons (Fsp3) is 0.462. The molecule has 1 fully saturated rings. The van der Waals surface area contributed by atoms with Gasteiger partial charge in [-0.05, 0) is 18.6 Å². The molecule has 1 aromatic heterocycles. The number of aromatic carboxylic acids is 1. The molecule has 0 aliphatic carbocycles. The van der Waals surface area contributed by atoms with Gasteiger partial charge in [-0.1, -0.05) is 6.07 Å². The summed E-state index contributed by atoms with van der Waals surface area (Å²) in [5.74, 6) is -2.67. The molecule has 2 rings (SSSR count). The van der Waals surface area contributed by atoms with Crippen molar-refractivity contribution >= 4 is 11.9 Å². The lowest BCUT2D eigenvalue weighted by atomic mass is 9.85. The smallest absolute Gasteiger partial charge is 0.404 e. The summed E-state index contributed by atoms with van der Waals surface area (Å²) in [5, 5.41) is 8.77. The van der Waals surface area contributed by atoms with Crippen LogP contribution in [0.3, 0.4) is 0 Å². The summed E-state index contributed by atoms with van der Waals surface area (Å²) < 4.78 is 77.8. The van der Waals surface area contributed by atoms with Gasteiger partial charge < -0.3 is 10.0 Å². The molecule has 0 unspecified atom stereocenters. The number of nitrogens with zero attached hydrogens (tertiary/aromatic N) is 2. The number of carbonyl (C=O) groups excluding carboxylic acids is 1. The zero-order valence-electron chi connectivity index (χ0n) is 11.8. The van der Waals surface area contributed by atoms with Crippen molar-refractivity contribution in [1.29, 1.82) is 0 Å². The Morgan fingerprint density at radius 3 is 2.08 bits per heavy atom. The van der Waals surface area contributed by atoms with Crippen LogP contribution in [-0.4, -0.2) is 52.3 Å². The number of likely N-dealkylation sites (tertiary alicyclic amines) is 1. The maximum Gasteiger partial charge on any atom is 0.404 e. The van der Waals surface area contributed by atoms with Gasteiger partial charge in [0, 0.05) is 13.1 Å². The van der Waals surface area contributed by atoms with Crippen molar-refractivity contribution in [2.45, 2.75) is 18.8 Å². The number of alkyl halides is 6. The maximum atomic E-state index is 13.0. The summed E-state index contributed by atoms with van der Waals surface area (Å²) in [6, 6.07) is 3.19. The number of rotatable bonds is 2. The lowest BCUT2D eigenvalue weighted by Crippen LogP contribution is -2.52. The van der Waals surface area contributed by atoms with Crippen LogP contribution in [0.4, 0.5) is 26.3 Å². The summed E-state index contributed by atoms with van der Waals surface area (Å²) in [5.41, 5.74) is -5.08. The molecule has 0 bridgehead atoms. The Balaban J connectivity index is 2.31. The van der Waals surface area contributed by atoms with E-state index in [-0.39, 0.29) is 0 Å². The predicted octanol–water partition coefficient (Wildman–Crippen LogP) is 2.74. The number of carboxylic acid groups (broad SMARTS) is 1. The number of carboxylic acids is 1. The monoisotopic (exact) mass is 356 g/mol. The highest BCUT2D eigenvalue weighted by molar-refractivity contribution is 5.94. The Labute approximate surface area is 130 Å². The SMILES string of the molecule is O=C(O)c1cccc(C(=O)N2CCC(C(F)(F)F)(C(F)(F)F)C2)n1. The summed E-state index contributed by atoms with van der Waals surface area (Å²) >= 11 is 0. The van der Waals surface area contributed by atoms with E-state index in [1.54, 1.807) is 0 Å². The van der Waals surface area contributed by atoms with E-state index in [1.807, 2.05) is 0 Å². The molecule has 0 spiro atoms. The van der Waals surface area contributed by atoms with Crippen LogP contribution in [0.2, 0.25) is 0 Å². The van der Waals surface area contributed by atoms with Crippen LogP contribution >= 0.6 is 0 Å². The van der Waals surface area contributed by atoms with Crippen molar-refractivity contribution in [3.8, 4) is 0 Å². The van der Waals surface area contributed by atoms with Crippen LogP contribution in [0.5, 0.6) is 0 Å². The van der Waals surface area contributed by atoms with E-state index < -0.39 is 60.5 Å². The van der Waals surface area contributed by atoms with Gasteiger partial charge in [-0.15, -0.1) is 0 Å². The molecular formula is C13H10F6N2O3. The minimum absolute atomic E-state index is 0.384. The van der Waals surface area contributed by atoms with Gasteiger partial charge in [-0.3, -0.25) is 4.79 Å². The topological polar surface area (TPSA) is 70.5 Å². The molecule has 11 heteroatoms. The van der Waals surface area contributed by atoms with Crippen molar-refractivity contribution in [2.75, 3.05) is 13.1 Å². The van der Waals surface area contributed by atoms with Crippen molar-refractivity contribution in [3.63, 3.8) is 0 Å². The molecule has 1 aliphatic rings. The number of hydrogen-bond donors (Lipinski definition) is 1. The summed E-state index contributed by atoms with van der Waals surface area (Å²) in [6.07, 6.45) is -12.5. The molecule has 5 nitrogen and oxygen atoms in total. The molecule has 0 aromatic carbocycles. The Bertz CT molecular complexity index is 656. The van der Waals surface area contributed by atoms with Crippen molar-refractivity contribution in [2.24, 2.45) is 5.41 Å². The first-order valence-electron chi connectivity index (χ1n) is 6.52. The van der Waals surface area contributed by atoms with E-state index in [0.29, 0.717) is 4.90 Å². The highest BCUT2D eigenvalue weighted by Crippen LogP contribution is 2.55. The van der Waals surface area contributed by atoms with Gasteiger partial charge in [0.25, 0.3) is 5.91 Å². The first kappa shape index (κ1) is 18.0. The Morgan fingerprint density at radius 1 is 1.08 bits per heavy atom. The summed E-state index contributed by atoms with van der Waals surface area (Å²) in [7, 11) is 0. The van der Waals surface area contributed by atoms with Crippen LogP contribution < -0.4 is 0 Å². The minimum Gasteiger partial charge on any atom is -0.477 e. The third-order valence-electron chi connectivity index (χ3n) is 3.83. The van der Waals surface area contributed by atoms with Crippen LogP contribution in [0, 0.1) is 5.41 Å². The fourth-order valence-corrected chi connectivity index (χ4v) is 2.44. The van der Waals surface area contributed by atoms with E-state index in [1.165, 1.54) is 0 Å². The van der Waals surface area contributed by atoms with E-state index in [9.17, 15) is 35.9 Å². The number of carbonyl (C=O) groups is 2. The molecule has 1 saturated heterocycles. The Hall–Kier alpha value is -2.33. The molecule has 0 radical (unpaired) electrons. The molecule has 132 valence electrons. The molecule has 1 aliphatic heterocycles. The van der Waals surface area contributed by atoms with Crippen molar-refractivity contribution < 1.29 is 41.0 Å². The average Bonchev–Trinajstić information content (AvgIpc) is 2.92. The van der Waals surface area contributed by atoms with Gasteiger partial charge in [0.1, 0.15) is 11.4 Å². The number of aromatic nitrogens is 1. The second-order valence-electron chi connectivity index (χ2n) is 5.27. The van der Waals surface area contributed by atoms with Crippen LogP contribution in [0.15, 0.2) is 18.2 Å². The summed E-state index contributed by atoms with van der Waals surface area (Å²) in [6.45, 7) is -2.35. The molecule has 24 heavy (non-hydrogen) atoms. The second-order valence-corrected chi connectivity index (χ2v) is 5.27. The largest absolute Gasteiger partial charge is 0.477 e. The molecular weight excluding hydrogens is 346 g/mol. The maximum absolute atomic E-state index is 13.0. The molecule has 0 saturated carbocycles. The average molecular weight is 356 g/mol. The zero-order chi connectivity index (χ0) is 18.3. The predicted molar refractivity (Wildman–Crippen MR) is 66.3 cm³/mol. The number of pyridine rings is 1. The Kier molecular flexibility index (Phi) is 4.23. The second kappa shape index (κ2) is 5.64. The van der Waals surface area contributed by atoms with Crippen molar-refractivity contribution in [1.82, 2.24) is 9.88 Å². The third kappa shape index (κ3) is 2.89. The quantitative estimate of drug-likeness (QED) is 0.828. The van der Waals surface area contributed by atoms with Gasteiger partial charge in [0.2, 0.25) is 0 Å². The van der Waals surface area contributed by atoms with Crippen LogP contribution in [-0.2, 0) is 0 Å². The number of amides is 1. The zero-order valence-corrected chi connectivity index (χ0v) is 11.8. The molecule has 1 aromatic rings. The van der Waals surface area contributed by atoms with E-state index >= 15 is 0 Å². The van der Waals surface area contributed by atoms with Crippen LogP contribution in [0.1, 0.15) is 27.4 Å². The molecule has 0 atom stereocenters. The standard InChI is InChI=1S/C13H10F6N2O3/c14-12(15,16)11(13(17,18)19)4-5-21(6-11)9(22)7-2-1-3-8(20-7)10(23)24/h1-3H,4-6H2,(H,23,24). The van der Waals surface area contributed by atoms with E-state index in [2.05, 4.69) is 4.98 Å². The lowest BCUT2D eigenvalue weighted by molar-refractivity contribution is -0.334. The van der Waals surface area contributed by atoms with Gasteiger partial charge in [0.15, 0.2) is 5.41 Å². The lowest BCUT2D eigenvalue weighted by Gasteiger charge is -2.33. The van der Waals surface area contributed by atoms with Gasteiger partial charge in [-0.2, -0.15) is 26.3 Å². The third-order valence-corrected chi connectivity index (χ3v) is 3.83. The highest BCUT2D eigenvalue weighted by atomic mass is 19.4. The van der Waals surface area contributed by atoms with Crippen LogP contribution in [0.25, 0.3) is 0 Å². The number of hydrogen-bond acceptors (Lipinski definition) is 3. The summed E-state index contributed by atoms with van der Waals surface area (Å²) in [4.78, 5) is 26.7. The minimum atomic E-state index is -5.57. The van der Waals surface area contributed by atoms with Gasteiger partial charge >= 0.3 is 18.3 Å². The number of halogens is 6. The fourth-order valence-electron chi connectivity index (χ4n) is 2.44. The first-order chi connectivity index (χ1) is 10.9. The normalized spacial score (nSPS) is 17.8. The van der Waals surface area contributed by atoms with E-state index in [0.717, 1.165) is 18.2 Å². The Morgan fingerprint density at radius 2 is 1.62 bits per heavy atom.